The molecule has 0 saturated carbocycles. The van der Waals surface area contributed by atoms with Crippen molar-refractivity contribution in [2.75, 3.05) is 14.2 Å². The summed E-state index contributed by atoms with van der Waals surface area (Å²) >= 11 is 0. The van der Waals surface area contributed by atoms with Crippen molar-refractivity contribution in [1.82, 2.24) is 0 Å². The second-order valence-corrected chi connectivity index (χ2v) is 4.36. The zero-order valence-corrected chi connectivity index (χ0v) is 11.6. The predicted octanol–water partition coefficient (Wildman–Crippen LogP) is 2.69. The number of aliphatic hydroxyl groups is 1. The van der Waals surface area contributed by atoms with Crippen molar-refractivity contribution in [3.05, 3.63) is 63.7 Å². The fraction of sp³-hybridized carbons (Fsp3) is 0.200. The summed E-state index contributed by atoms with van der Waals surface area (Å²) in [6, 6.07) is 10.8. The normalized spacial score (nSPS) is 11.8. The van der Waals surface area contributed by atoms with Gasteiger partial charge in [-0.1, -0.05) is 0 Å². The van der Waals surface area contributed by atoms with Gasteiger partial charge in [-0.05, 0) is 29.8 Å². The average Bonchev–Trinajstić information content (AvgIpc) is 2.53. The summed E-state index contributed by atoms with van der Waals surface area (Å²) in [6.45, 7) is 0. The number of nitrogens with zero attached hydrogens (tertiary/aromatic N) is 1. The van der Waals surface area contributed by atoms with Crippen LogP contribution in [0.3, 0.4) is 0 Å². The minimum atomic E-state index is -0.938. The molecule has 0 spiro atoms. The average molecular weight is 289 g/mol. The molecule has 6 heteroatoms. The molecule has 2 aromatic rings. The molecule has 110 valence electrons. The van der Waals surface area contributed by atoms with Gasteiger partial charge in [-0.15, -0.1) is 0 Å². The smallest absolute Gasteiger partial charge is 0.269 e. The minimum Gasteiger partial charge on any atom is -0.497 e. The van der Waals surface area contributed by atoms with Crippen molar-refractivity contribution < 1.29 is 19.5 Å². The number of nitro benzene ring substituents is 1. The summed E-state index contributed by atoms with van der Waals surface area (Å²) in [6.07, 6.45) is -0.938. The van der Waals surface area contributed by atoms with Gasteiger partial charge in [-0.25, -0.2) is 0 Å². The summed E-state index contributed by atoms with van der Waals surface area (Å²) < 4.78 is 10.3. The van der Waals surface area contributed by atoms with Crippen molar-refractivity contribution in [1.29, 1.82) is 0 Å². The number of hydrogen-bond donors (Lipinski definition) is 1. The standard InChI is InChI=1S/C15H15NO5/c1-20-12-7-8-13(14(9-12)21-2)15(17)10-3-5-11(6-4-10)16(18)19/h3-9,15,17H,1-2H3/t15-/m1/s1. The molecule has 0 unspecified atom stereocenters. The van der Waals surface area contributed by atoms with Gasteiger partial charge in [0, 0.05) is 23.8 Å². The Bertz CT molecular complexity index is 639. The molecule has 0 aliphatic carbocycles. The Morgan fingerprint density at radius 2 is 1.76 bits per heavy atom. The lowest BCUT2D eigenvalue weighted by atomic mass is 10.00. The van der Waals surface area contributed by atoms with Crippen molar-refractivity contribution in [3.63, 3.8) is 0 Å². The Morgan fingerprint density at radius 1 is 1.10 bits per heavy atom. The number of rotatable bonds is 5. The number of hydrogen-bond acceptors (Lipinski definition) is 5. The van der Waals surface area contributed by atoms with Crippen LogP contribution in [0.1, 0.15) is 17.2 Å². The SMILES string of the molecule is COc1ccc([C@H](O)c2ccc([N+](=O)[O-])cc2)c(OC)c1. The van der Waals surface area contributed by atoms with E-state index in [1.807, 2.05) is 0 Å². The molecule has 1 atom stereocenters. The minimum absolute atomic E-state index is 0.0207. The predicted molar refractivity (Wildman–Crippen MR) is 76.7 cm³/mol. The second-order valence-electron chi connectivity index (χ2n) is 4.36. The van der Waals surface area contributed by atoms with Crippen molar-refractivity contribution in [3.8, 4) is 11.5 Å². The maximum atomic E-state index is 10.6. The first-order chi connectivity index (χ1) is 10.1. The second kappa shape index (κ2) is 6.23. The van der Waals surface area contributed by atoms with Crippen molar-refractivity contribution >= 4 is 5.69 Å². The molecule has 2 aromatic carbocycles. The van der Waals surface area contributed by atoms with Gasteiger partial charge in [0.25, 0.3) is 5.69 Å². The lowest BCUT2D eigenvalue weighted by molar-refractivity contribution is -0.384. The summed E-state index contributed by atoms with van der Waals surface area (Å²) in [5.74, 6) is 1.10. The van der Waals surface area contributed by atoms with Crippen LogP contribution in [0.4, 0.5) is 5.69 Å². The fourth-order valence-corrected chi connectivity index (χ4v) is 2.00. The Balaban J connectivity index is 2.34. The van der Waals surface area contributed by atoms with E-state index < -0.39 is 11.0 Å². The third-order valence-corrected chi connectivity index (χ3v) is 3.15. The zero-order chi connectivity index (χ0) is 15.4. The molecule has 0 bridgehead atoms. The topological polar surface area (TPSA) is 81.8 Å². The fourth-order valence-electron chi connectivity index (χ4n) is 2.00. The molecule has 0 amide bonds. The molecule has 0 aliphatic rings. The molecule has 0 aromatic heterocycles. The van der Waals surface area contributed by atoms with Gasteiger partial charge < -0.3 is 14.6 Å². The molecule has 0 radical (unpaired) electrons. The maximum absolute atomic E-state index is 10.6. The van der Waals surface area contributed by atoms with Crippen LogP contribution in [0.25, 0.3) is 0 Å². The summed E-state index contributed by atoms with van der Waals surface area (Å²) in [5.41, 5.74) is 1.09. The molecular weight excluding hydrogens is 274 g/mol. The van der Waals surface area contributed by atoms with E-state index in [0.29, 0.717) is 22.6 Å². The van der Waals surface area contributed by atoms with Crippen molar-refractivity contribution in [2.24, 2.45) is 0 Å². The highest BCUT2D eigenvalue weighted by atomic mass is 16.6. The third-order valence-electron chi connectivity index (χ3n) is 3.15. The van der Waals surface area contributed by atoms with E-state index in [4.69, 9.17) is 9.47 Å². The number of methoxy groups -OCH3 is 2. The van der Waals surface area contributed by atoms with Gasteiger partial charge in [0.2, 0.25) is 0 Å². The molecule has 0 saturated heterocycles. The van der Waals surface area contributed by atoms with E-state index in [1.165, 1.54) is 31.4 Å². The quantitative estimate of drug-likeness (QED) is 0.676. The number of benzene rings is 2. The van der Waals surface area contributed by atoms with E-state index in [2.05, 4.69) is 0 Å². The number of nitro groups is 1. The molecular formula is C15H15NO5. The van der Waals surface area contributed by atoms with Gasteiger partial charge in [-0.3, -0.25) is 10.1 Å². The zero-order valence-electron chi connectivity index (χ0n) is 11.6. The monoisotopic (exact) mass is 289 g/mol. The van der Waals surface area contributed by atoms with Crippen molar-refractivity contribution in [2.45, 2.75) is 6.10 Å². The largest absolute Gasteiger partial charge is 0.497 e. The highest BCUT2D eigenvalue weighted by Crippen LogP contribution is 2.33. The van der Waals surface area contributed by atoms with Gasteiger partial charge in [0.15, 0.2) is 0 Å². The van der Waals surface area contributed by atoms with E-state index in [-0.39, 0.29) is 5.69 Å². The van der Waals surface area contributed by atoms with Crippen LogP contribution in [-0.2, 0) is 0 Å². The molecule has 0 heterocycles. The van der Waals surface area contributed by atoms with E-state index in [0.717, 1.165) is 0 Å². The first-order valence-corrected chi connectivity index (χ1v) is 6.21. The summed E-state index contributed by atoms with van der Waals surface area (Å²) in [7, 11) is 3.04. The van der Waals surface area contributed by atoms with Crippen LogP contribution in [0.2, 0.25) is 0 Å². The van der Waals surface area contributed by atoms with Gasteiger partial charge in [0.05, 0.1) is 19.1 Å². The van der Waals surface area contributed by atoms with Crippen LogP contribution in [-0.4, -0.2) is 24.2 Å². The molecule has 21 heavy (non-hydrogen) atoms. The first-order valence-electron chi connectivity index (χ1n) is 6.21. The lowest BCUT2D eigenvalue weighted by Crippen LogP contribution is -2.03. The highest BCUT2D eigenvalue weighted by molar-refractivity contribution is 5.46. The highest BCUT2D eigenvalue weighted by Gasteiger charge is 2.17. The summed E-state index contributed by atoms with van der Waals surface area (Å²) in [5, 5.41) is 21.0. The Hall–Kier alpha value is -2.60. The number of ether oxygens (including phenoxy) is 2. The molecule has 6 nitrogen and oxygen atoms in total. The number of non-ortho nitro benzene ring substituents is 1. The molecule has 1 N–H and O–H groups in total. The third kappa shape index (κ3) is 3.11. The molecule has 2 rings (SSSR count). The van der Waals surface area contributed by atoms with Gasteiger partial charge in [-0.2, -0.15) is 0 Å². The van der Waals surface area contributed by atoms with Crippen LogP contribution in [0, 0.1) is 10.1 Å². The maximum Gasteiger partial charge on any atom is 0.269 e. The van der Waals surface area contributed by atoms with E-state index in [1.54, 1.807) is 25.3 Å². The van der Waals surface area contributed by atoms with Gasteiger partial charge in [0.1, 0.15) is 17.6 Å². The Kier molecular flexibility index (Phi) is 4.39. The summed E-state index contributed by atoms with van der Waals surface area (Å²) in [4.78, 5) is 10.2. The molecule has 0 aliphatic heterocycles. The van der Waals surface area contributed by atoms with E-state index >= 15 is 0 Å². The Labute approximate surface area is 121 Å². The van der Waals surface area contributed by atoms with Crippen LogP contribution < -0.4 is 9.47 Å². The first kappa shape index (κ1) is 14.8. The molecule has 0 fully saturated rings. The Morgan fingerprint density at radius 3 is 2.29 bits per heavy atom. The van der Waals surface area contributed by atoms with Crippen LogP contribution >= 0.6 is 0 Å². The lowest BCUT2D eigenvalue weighted by Gasteiger charge is -2.16. The van der Waals surface area contributed by atoms with Crippen LogP contribution in [0.5, 0.6) is 11.5 Å². The number of aliphatic hydroxyl groups excluding tert-OH is 1. The van der Waals surface area contributed by atoms with Crippen LogP contribution in [0.15, 0.2) is 42.5 Å². The van der Waals surface area contributed by atoms with Gasteiger partial charge >= 0.3 is 0 Å². The van der Waals surface area contributed by atoms with E-state index in [9.17, 15) is 15.2 Å².